The summed E-state index contributed by atoms with van der Waals surface area (Å²) in [4.78, 5) is 21.8. The second-order valence-corrected chi connectivity index (χ2v) is 10.3. The van der Waals surface area contributed by atoms with E-state index in [1.165, 1.54) is 0 Å². The van der Waals surface area contributed by atoms with Crippen molar-refractivity contribution in [2.45, 2.75) is 71.1 Å². The van der Waals surface area contributed by atoms with Crippen molar-refractivity contribution in [2.24, 2.45) is 5.92 Å². The molecule has 0 unspecified atom stereocenters. The number of hydrogen-bond acceptors (Lipinski definition) is 7. The number of piperazine rings is 1. The molecule has 180 valence electrons. The third kappa shape index (κ3) is 4.95. The zero-order valence-electron chi connectivity index (χ0n) is 20.5. The lowest BCUT2D eigenvalue weighted by Crippen LogP contribution is -2.57. The van der Waals surface area contributed by atoms with Crippen molar-refractivity contribution in [3.8, 4) is 6.07 Å². The molecule has 0 bridgehead atoms. The van der Waals surface area contributed by atoms with Gasteiger partial charge in [0.25, 0.3) is 0 Å². The number of anilines is 1. The molecule has 4 rings (SSSR count). The minimum absolute atomic E-state index is 0.0256. The highest BCUT2D eigenvalue weighted by Crippen LogP contribution is 2.46. The Morgan fingerprint density at radius 2 is 2.03 bits per heavy atom. The summed E-state index contributed by atoms with van der Waals surface area (Å²) in [5.74, 6) is 1.48. The van der Waals surface area contributed by atoms with Crippen LogP contribution in [-0.4, -0.2) is 67.6 Å². The number of rotatable bonds is 6. The molecule has 33 heavy (non-hydrogen) atoms. The number of nitriles is 1. The highest BCUT2D eigenvalue weighted by Gasteiger charge is 2.39. The topological polar surface area (TPSA) is 87.9 Å². The van der Waals surface area contributed by atoms with Gasteiger partial charge in [-0.05, 0) is 38.2 Å². The lowest BCUT2D eigenvalue weighted by atomic mass is 9.87. The summed E-state index contributed by atoms with van der Waals surface area (Å²) in [5, 5.41) is 10.2. The number of nitrogens with zero attached hydrogens (tertiary/aromatic N) is 4. The number of pyridine rings is 1. The van der Waals surface area contributed by atoms with Gasteiger partial charge >= 0.3 is 6.09 Å². The molecule has 1 saturated carbocycles. The van der Waals surface area contributed by atoms with E-state index in [0.717, 1.165) is 35.5 Å². The monoisotopic (exact) mass is 456 g/mol. The molecule has 2 fully saturated rings. The summed E-state index contributed by atoms with van der Waals surface area (Å²) in [6.07, 6.45) is 2.69. The number of amides is 1. The molecule has 0 aromatic carbocycles. The van der Waals surface area contributed by atoms with Crippen molar-refractivity contribution in [3.63, 3.8) is 0 Å². The predicted molar refractivity (Wildman–Crippen MR) is 124 cm³/mol. The second-order valence-electron chi connectivity index (χ2n) is 10.3. The van der Waals surface area contributed by atoms with Crippen LogP contribution in [0, 0.1) is 17.2 Å². The van der Waals surface area contributed by atoms with Crippen LogP contribution in [0.1, 0.15) is 68.8 Å². The van der Waals surface area contributed by atoms with Gasteiger partial charge < -0.3 is 24.0 Å². The Morgan fingerprint density at radius 3 is 2.67 bits per heavy atom. The zero-order chi connectivity index (χ0) is 23.8. The molecule has 1 amide bonds. The Labute approximate surface area is 196 Å². The summed E-state index contributed by atoms with van der Waals surface area (Å²) in [5.41, 5.74) is 3.70. The highest BCUT2D eigenvalue weighted by atomic mass is 16.6. The van der Waals surface area contributed by atoms with Gasteiger partial charge in [-0.1, -0.05) is 13.8 Å². The maximum absolute atomic E-state index is 12.7. The number of carbonyl (C=O) groups excluding carboxylic acids is 1. The van der Waals surface area contributed by atoms with Crippen LogP contribution in [0.25, 0.3) is 0 Å². The van der Waals surface area contributed by atoms with E-state index in [1.54, 1.807) is 7.11 Å². The van der Waals surface area contributed by atoms with E-state index in [9.17, 15) is 10.1 Å². The van der Waals surface area contributed by atoms with Crippen LogP contribution >= 0.6 is 0 Å². The number of fused-ring (bicyclic) bond motifs is 1. The van der Waals surface area contributed by atoms with Gasteiger partial charge in [-0.3, -0.25) is 0 Å². The summed E-state index contributed by atoms with van der Waals surface area (Å²) in [7, 11) is 1.59. The molecular weight excluding hydrogens is 420 g/mol. The molecule has 0 spiro atoms. The Bertz CT molecular complexity index is 935. The highest BCUT2D eigenvalue weighted by molar-refractivity contribution is 5.69. The molecule has 1 atom stereocenters. The Balaban J connectivity index is 1.65. The van der Waals surface area contributed by atoms with Crippen LogP contribution in [0.3, 0.4) is 0 Å². The predicted octanol–water partition coefficient (Wildman–Crippen LogP) is 3.61. The molecule has 1 aliphatic carbocycles. The summed E-state index contributed by atoms with van der Waals surface area (Å²) < 4.78 is 16.5. The number of aromatic nitrogens is 1. The van der Waals surface area contributed by atoms with Crippen molar-refractivity contribution in [1.29, 1.82) is 5.26 Å². The summed E-state index contributed by atoms with van der Waals surface area (Å²) in [6, 6.07) is 2.45. The minimum atomic E-state index is -0.304. The van der Waals surface area contributed by atoms with Crippen LogP contribution in [-0.2, 0) is 27.2 Å². The van der Waals surface area contributed by atoms with Gasteiger partial charge in [-0.15, -0.1) is 0 Å². The molecule has 1 aromatic rings. The number of carbonyl (C=O) groups is 1. The Hall–Kier alpha value is -2.37. The van der Waals surface area contributed by atoms with Gasteiger partial charge in [-0.25, -0.2) is 9.78 Å². The molecule has 1 aromatic heterocycles. The van der Waals surface area contributed by atoms with E-state index in [-0.39, 0.29) is 30.3 Å². The maximum Gasteiger partial charge on any atom is 0.410 e. The molecule has 0 radical (unpaired) electrons. The first-order valence-electron chi connectivity index (χ1n) is 12.0. The van der Waals surface area contributed by atoms with Crippen LogP contribution in [0.2, 0.25) is 0 Å². The Kier molecular flexibility index (Phi) is 6.83. The van der Waals surface area contributed by atoms with E-state index in [0.29, 0.717) is 50.8 Å². The van der Waals surface area contributed by atoms with Crippen molar-refractivity contribution in [1.82, 2.24) is 9.88 Å². The molecule has 1 saturated heterocycles. The van der Waals surface area contributed by atoms with E-state index in [1.807, 2.05) is 4.90 Å². The fraction of sp³-hybridized carbons (Fsp3) is 0.720. The smallest absolute Gasteiger partial charge is 0.410 e. The first-order chi connectivity index (χ1) is 15.8. The molecule has 3 heterocycles. The van der Waals surface area contributed by atoms with E-state index in [2.05, 4.69) is 38.7 Å². The maximum atomic E-state index is 12.7. The van der Waals surface area contributed by atoms with Gasteiger partial charge in [0.05, 0.1) is 36.1 Å². The van der Waals surface area contributed by atoms with E-state index >= 15 is 0 Å². The standard InChI is InChI=1S/C25H36N4O4/c1-16(2)21-14-28(8-9-29(21)24(30)32-11-10-31-5)23-19(13-26)18-12-25(3,4)33-15-20(18)22(27-23)17-6-7-17/h16-17,21H,6-12,14-15H2,1-5H3/t21-/m0/s1. The van der Waals surface area contributed by atoms with Crippen LogP contribution in [0.5, 0.6) is 0 Å². The van der Waals surface area contributed by atoms with Crippen LogP contribution in [0.4, 0.5) is 10.6 Å². The van der Waals surface area contributed by atoms with Gasteiger partial charge in [-0.2, -0.15) is 5.26 Å². The van der Waals surface area contributed by atoms with Crippen molar-refractivity contribution in [2.75, 3.05) is 44.9 Å². The number of hydrogen-bond donors (Lipinski definition) is 0. The quantitative estimate of drug-likeness (QED) is 0.604. The largest absolute Gasteiger partial charge is 0.447 e. The first-order valence-corrected chi connectivity index (χ1v) is 12.0. The van der Waals surface area contributed by atoms with Crippen molar-refractivity contribution >= 4 is 11.9 Å². The summed E-state index contributed by atoms with van der Waals surface area (Å²) >= 11 is 0. The normalized spacial score (nSPS) is 22.2. The lowest BCUT2D eigenvalue weighted by Gasteiger charge is -2.44. The van der Waals surface area contributed by atoms with Gasteiger partial charge in [0.2, 0.25) is 0 Å². The molecule has 0 N–H and O–H groups in total. The summed E-state index contributed by atoms with van der Waals surface area (Å²) in [6.45, 7) is 11.3. The molecular formula is C25H36N4O4. The van der Waals surface area contributed by atoms with Crippen molar-refractivity contribution < 1.29 is 19.0 Å². The van der Waals surface area contributed by atoms with Crippen LogP contribution < -0.4 is 4.90 Å². The number of methoxy groups -OCH3 is 1. The number of ether oxygens (including phenoxy) is 3. The average Bonchev–Trinajstić information content (AvgIpc) is 3.62. The average molecular weight is 457 g/mol. The third-order valence-electron chi connectivity index (χ3n) is 6.95. The van der Waals surface area contributed by atoms with Gasteiger partial charge in [0, 0.05) is 44.6 Å². The van der Waals surface area contributed by atoms with Crippen molar-refractivity contribution in [3.05, 3.63) is 22.4 Å². The van der Waals surface area contributed by atoms with E-state index in [4.69, 9.17) is 19.2 Å². The fourth-order valence-electron chi connectivity index (χ4n) is 4.91. The fourth-order valence-corrected chi connectivity index (χ4v) is 4.91. The molecule has 8 heteroatoms. The molecule has 8 nitrogen and oxygen atoms in total. The lowest BCUT2D eigenvalue weighted by molar-refractivity contribution is -0.0407. The third-order valence-corrected chi connectivity index (χ3v) is 6.95. The van der Waals surface area contributed by atoms with E-state index < -0.39 is 0 Å². The first kappa shape index (κ1) is 23.8. The zero-order valence-corrected chi connectivity index (χ0v) is 20.5. The van der Waals surface area contributed by atoms with Crippen LogP contribution in [0.15, 0.2) is 0 Å². The minimum Gasteiger partial charge on any atom is -0.447 e. The van der Waals surface area contributed by atoms with Gasteiger partial charge in [0.15, 0.2) is 0 Å². The Morgan fingerprint density at radius 1 is 1.27 bits per heavy atom. The molecule has 2 aliphatic heterocycles. The molecule has 3 aliphatic rings. The second kappa shape index (κ2) is 9.47. The SMILES string of the molecule is COCCOC(=O)N1CCN(c2nc(C3CC3)c3c(c2C#N)CC(C)(C)OC3)C[C@H]1C(C)C. The van der Waals surface area contributed by atoms with Gasteiger partial charge in [0.1, 0.15) is 18.5 Å².